The molecular formula is C8H16O2S. The van der Waals surface area contributed by atoms with E-state index < -0.39 is 0 Å². The smallest absolute Gasteiger partial charge is 0.159 e. The van der Waals surface area contributed by atoms with Gasteiger partial charge in [-0.25, -0.2) is 0 Å². The molecule has 2 unspecified atom stereocenters. The van der Waals surface area contributed by atoms with E-state index >= 15 is 0 Å². The summed E-state index contributed by atoms with van der Waals surface area (Å²) in [5, 5.41) is 0. The van der Waals surface area contributed by atoms with Crippen molar-refractivity contribution in [2.24, 2.45) is 0 Å². The summed E-state index contributed by atoms with van der Waals surface area (Å²) in [6, 6.07) is 0. The van der Waals surface area contributed by atoms with Crippen LogP contribution in [-0.2, 0) is 9.47 Å². The first kappa shape index (κ1) is 9.36. The van der Waals surface area contributed by atoms with E-state index in [2.05, 4.69) is 19.6 Å². The van der Waals surface area contributed by atoms with Gasteiger partial charge in [0.15, 0.2) is 6.29 Å². The van der Waals surface area contributed by atoms with Gasteiger partial charge in [-0.05, 0) is 19.8 Å². The van der Waals surface area contributed by atoms with Crippen molar-refractivity contribution in [2.75, 3.05) is 6.61 Å². The number of ether oxygens (including phenoxy) is 2. The highest BCUT2D eigenvalue weighted by molar-refractivity contribution is 7.81. The molecule has 0 radical (unpaired) electrons. The van der Waals surface area contributed by atoms with Crippen LogP contribution in [0.5, 0.6) is 0 Å². The Kier molecular flexibility index (Phi) is 3.22. The van der Waals surface area contributed by atoms with E-state index in [0.717, 1.165) is 25.9 Å². The van der Waals surface area contributed by atoms with Crippen molar-refractivity contribution in [1.29, 1.82) is 0 Å². The summed E-state index contributed by atoms with van der Waals surface area (Å²) >= 11 is 4.36. The van der Waals surface area contributed by atoms with Crippen molar-refractivity contribution in [3.8, 4) is 0 Å². The van der Waals surface area contributed by atoms with Crippen LogP contribution in [0.15, 0.2) is 0 Å². The molecule has 1 saturated heterocycles. The van der Waals surface area contributed by atoms with Gasteiger partial charge in [0, 0.05) is 13.0 Å². The van der Waals surface area contributed by atoms with E-state index in [1.54, 1.807) is 0 Å². The van der Waals surface area contributed by atoms with Crippen LogP contribution < -0.4 is 0 Å². The highest BCUT2D eigenvalue weighted by Crippen LogP contribution is 2.26. The molecule has 0 aromatic heterocycles. The minimum atomic E-state index is -0.324. The Labute approximate surface area is 73.7 Å². The number of hydrogen-bond acceptors (Lipinski definition) is 3. The third-order valence-corrected chi connectivity index (χ3v) is 2.35. The average Bonchev–Trinajstić information content (AvgIpc) is 2.39. The molecule has 0 spiro atoms. The van der Waals surface area contributed by atoms with Gasteiger partial charge in [0.05, 0.1) is 0 Å². The Morgan fingerprint density at radius 1 is 1.73 bits per heavy atom. The summed E-state index contributed by atoms with van der Waals surface area (Å²) < 4.78 is 10.9. The standard InChI is InChI=1S/C8H16O2S/c1-3-8(2,11)10-7-5-4-6-9-7/h7,11H,3-6H2,1-2H3. The number of thiol groups is 1. The first-order valence-corrected chi connectivity index (χ1v) is 4.60. The second kappa shape index (κ2) is 3.78. The van der Waals surface area contributed by atoms with Gasteiger partial charge in [-0.15, -0.1) is 12.6 Å². The highest BCUT2D eigenvalue weighted by atomic mass is 32.1. The van der Waals surface area contributed by atoms with Gasteiger partial charge in [0.25, 0.3) is 0 Å². The summed E-state index contributed by atoms with van der Waals surface area (Å²) in [4.78, 5) is -0.324. The molecule has 2 nitrogen and oxygen atoms in total. The lowest BCUT2D eigenvalue weighted by atomic mass is 10.3. The largest absolute Gasteiger partial charge is 0.353 e. The molecule has 0 amide bonds. The number of hydrogen-bond donors (Lipinski definition) is 1. The quantitative estimate of drug-likeness (QED) is 0.525. The minimum absolute atomic E-state index is 0.0163. The van der Waals surface area contributed by atoms with Crippen LogP contribution in [0.1, 0.15) is 33.1 Å². The molecule has 2 atom stereocenters. The lowest BCUT2D eigenvalue weighted by Crippen LogP contribution is -2.27. The van der Waals surface area contributed by atoms with E-state index in [1.807, 2.05) is 6.92 Å². The normalized spacial score (nSPS) is 30.3. The third-order valence-electron chi connectivity index (χ3n) is 1.93. The van der Waals surface area contributed by atoms with Crippen LogP contribution in [0, 0.1) is 0 Å². The SMILES string of the molecule is CCC(C)(S)OC1CCCO1. The molecule has 0 aromatic carbocycles. The molecule has 3 heteroatoms. The maximum absolute atomic E-state index is 5.59. The van der Waals surface area contributed by atoms with Crippen LogP contribution in [-0.4, -0.2) is 17.8 Å². The zero-order chi connectivity index (χ0) is 8.32. The summed E-state index contributed by atoms with van der Waals surface area (Å²) in [6.07, 6.45) is 3.00. The van der Waals surface area contributed by atoms with Crippen LogP contribution in [0.3, 0.4) is 0 Å². The minimum Gasteiger partial charge on any atom is -0.353 e. The Hall–Kier alpha value is 0.270. The Morgan fingerprint density at radius 2 is 2.45 bits per heavy atom. The lowest BCUT2D eigenvalue weighted by Gasteiger charge is -2.25. The van der Waals surface area contributed by atoms with Crippen LogP contribution in [0.2, 0.25) is 0 Å². The molecular weight excluding hydrogens is 160 g/mol. The van der Waals surface area contributed by atoms with Gasteiger partial charge >= 0.3 is 0 Å². The van der Waals surface area contributed by atoms with Crippen LogP contribution in [0.4, 0.5) is 0 Å². The summed E-state index contributed by atoms with van der Waals surface area (Å²) in [5.41, 5.74) is 0. The van der Waals surface area contributed by atoms with Crippen molar-refractivity contribution in [2.45, 2.75) is 44.3 Å². The molecule has 11 heavy (non-hydrogen) atoms. The van der Waals surface area contributed by atoms with E-state index in [0.29, 0.717) is 0 Å². The topological polar surface area (TPSA) is 18.5 Å². The summed E-state index contributed by atoms with van der Waals surface area (Å²) in [7, 11) is 0. The fourth-order valence-corrected chi connectivity index (χ4v) is 1.13. The fraction of sp³-hybridized carbons (Fsp3) is 1.00. The average molecular weight is 176 g/mol. The van der Waals surface area contributed by atoms with Gasteiger partial charge in [-0.1, -0.05) is 6.92 Å². The first-order valence-electron chi connectivity index (χ1n) is 4.16. The van der Waals surface area contributed by atoms with E-state index in [-0.39, 0.29) is 11.2 Å². The predicted molar refractivity (Wildman–Crippen MR) is 47.7 cm³/mol. The van der Waals surface area contributed by atoms with E-state index in [1.165, 1.54) is 0 Å². The molecule has 0 aliphatic carbocycles. The number of rotatable bonds is 3. The van der Waals surface area contributed by atoms with Crippen molar-refractivity contribution in [1.82, 2.24) is 0 Å². The molecule has 0 N–H and O–H groups in total. The molecule has 0 aromatic rings. The summed E-state index contributed by atoms with van der Waals surface area (Å²) in [6.45, 7) is 4.86. The molecule has 1 aliphatic heterocycles. The fourth-order valence-electron chi connectivity index (χ4n) is 1.01. The van der Waals surface area contributed by atoms with E-state index in [4.69, 9.17) is 9.47 Å². The molecule has 1 fully saturated rings. The van der Waals surface area contributed by atoms with Gasteiger partial charge in [0.1, 0.15) is 4.93 Å². The van der Waals surface area contributed by atoms with Crippen molar-refractivity contribution < 1.29 is 9.47 Å². The molecule has 0 saturated carbocycles. The Bertz CT molecular complexity index is 119. The van der Waals surface area contributed by atoms with Crippen molar-refractivity contribution >= 4 is 12.6 Å². The van der Waals surface area contributed by atoms with Gasteiger partial charge in [-0.2, -0.15) is 0 Å². The van der Waals surface area contributed by atoms with Crippen molar-refractivity contribution in [3.05, 3.63) is 0 Å². The highest BCUT2D eigenvalue weighted by Gasteiger charge is 2.25. The van der Waals surface area contributed by atoms with Gasteiger partial charge in [-0.3, -0.25) is 0 Å². The second-order valence-electron chi connectivity index (χ2n) is 3.09. The molecule has 0 bridgehead atoms. The van der Waals surface area contributed by atoms with Crippen LogP contribution >= 0.6 is 12.6 Å². The molecule has 1 rings (SSSR count). The van der Waals surface area contributed by atoms with E-state index in [9.17, 15) is 0 Å². The molecule has 1 heterocycles. The molecule has 1 aliphatic rings. The lowest BCUT2D eigenvalue weighted by molar-refractivity contribution is -0.151. The van der Waals surface area contributed by atoms with Crippen molar-refractivity contribution in [3.63, 3.8) is 0 Å². The summed E-state index contributed by atoms with van der Waals surface area (Å²) in [5.74, 6) is 0. The van der Waals surface area contributed by atoms with Gasteiger partial charge < -0.3 is 9.47 Å². The first-order chi connectivity index (χ1) is 5.14. The van der Waals surface area contributed by atoms with Gasteiger partial charge in [0.2, 0.25) is 0 Å². The second-order valence-corrected chi connectivity index (χ2v) is 4.04. The molecule has 66 valence electrons. The van der Waals surface area contributed by atoms with Crippen LogP contribution in [0.25, 0.3) is 0 Å². The zero-order valence-corrected chi connectivity index (χ0v) is 8.06. The maximum atomic E-state index is 5.59. The monoisotopic (exact) mass is 176 g/mol. The Balaban J connectivity index is 2.28. The predicted octanol–water partition coefficient (Wildman–Crippen LogP) is 2.20. The zero-order valence-electron chi connectivity index (χ0n) is 7.17. The Morgan fingerprint density at radius 3 is 2.91 bits per heavy atom. The maximum Gasteiger partial charge on any atom is 0.159 e. The third kappa shape index (κ3) is 3.01.